The number of hydrogen-bond acceptors (Lipinski definition) is 8. The van der Waals surface area contributed by atoms with Gasteiger partial charge in [0.15, 0.2) is 0 Å². The number of rotatable bonds is 18. The molecule has 2 N–H and O–H groups in total. The Bertz CT molecular complexity index is 1530. The Morgan fingerprint density at radius 1 is 1.08 bits per heavy atom. The van der Waals surface area contributed by atoms with Gasteiger partial charge in [-0.25, -0.2) is 0 Å². The van der Waals surface area contributed by atoms with Gasteiger partial charge in [0.2, 0.25) is 11.8 Å². The molecule has 2 aromatic carbocycles. The first kappa shape index (κ1) is 36.8. The highest BCUT2D eigenvalue weighted by Gasteiger charge is 2.75. The Kier molecular flexibility index (Phi) is 12.1. The third-order valence-corrected chi connectivity index (χ3v) is 10.2. The molecule has 3 heterocycles. The lowest BCUT2D eigenvalue weighted by atomic mass is 9.70. The number of esters is 1. The molecular formula is C39H50N4O7. The van der Waals surface area contributed by atoms with Crippen molar-refractivity contribution in [3.63, 3.8) is 0 Å². The molecule has 0 unspecified atom stereocenters. The fourth-order valence-electron chi connectivity index (χ4n) is 7.86. The highest BCUT2D eigenvalue weighted by Crippen LogP contribution is 2.59. The number of amides is 3. The second kappa shape index (κ2) is 16.5. The summed E-state index contributed by atoms with van der Waals surface area (Å²) in [5, 5.41) is 12.6. The van der Waals surface area contributed by atoms with Crippen LogP contribution in [0.5, 0.6) is 0 Å². The number of nitrogens with one attached hydrogen (secondary N) is 1. The van der Waals surface area contributed by atoms with E-state index in [0.717, 1.165) is 18.8 Å². The third-order valence-electron chi connectivity index (χ3n) is 10.2. The molecule has 1 spiro atoms. The second-order valence-corrected chi connectivity index (χ2v) is 13.1. The molecule has 3 saturated heterocycles. The average Bonchev–Trinajstić information content (AvgIpc) is 3.78. The van der Waals surface area contributed by atoms with Crippen molar-refractivity contribution in [3.8, 4) is 0 Å². The summed E-state index contributed by atoms with van der Waals surface area (Å²) in [6.07, 6.45) is 3.86. The first-order chi connectivity index (χ1) is 24.2. The van der Waals surface area contributed by atoms with E-state index in [1.165, 1.54) is 4.90 Å². The standard InChI is InChI=1S/C39H50N4O7/c1-5-9-16-32(45)40-26-31(27-14-11-10-12-15-27)49-38(48)33-30-21-22-39(50-30)34(33)36(46)43(24-13-25-44)35(39)37(47)42(23-6-2)29-19-17-28(18-20-29)41(7-3)8-4/h5-6,10-12,14-15,17-20,30-31,33-35,44H,1-2,7-9,13,16,21-26H2,3-4H3,(H,40,45)/t30-,31-,33+,34+,35-,39+/m0/s1. The minimum atomic E-state index is -1.24. The molecule has 0 radical (unpaired) electrons. The van der Waals surface area contributed by atoms with Gasteiger partial charge in [-0.3, -0.25) is 19.2 Å². The van der Waals surface area contributed by atoms with Gasteiger partial charge in [-0.15, -0.1) is 13.2 Å². The summed E-state index contributed by atoms with van der Waals surface area (Å²) in [4.78, 5) is 61.0. The second-order valence-electron chi connectivity index (χ2n) is 13.1. The zero-order valence-electron chi connectivity index (χ0n) is 29.2. The van der Waals surface area contributed by atoms with Crippen molar-refractivity contribution in [1.82, 2.24) is 10.2 Å². The van der Waals surface area contributed by atoms with Crippen LogP contribution < -0.4 is 15.1 Å². The van der Waals surface area contributed by atoms with E-state index in [1.54, 1.807) is 17.1 Å². The molecular weight excluding hydrogens is 636 g/mol. The molecule has 11 heteroatoms. The van der Waals surface area contributed by atoms with Gasteiger partial charge in [0.1, 0.15) is 17.7 Å². The molecule has 3 fully saturated rings. The van der Waals surface area contributed by atoms with Crippen molar-refractivity contribution >= 4 is 35.1 Å². The predicted octanol–water partition coefficient (Wildman–Crippen LogP) is 4.18. The monoisotopic (exact) mass is 686 g/mol. The molecule has 3 aliphatic heterocycles. The summed E-state index contributed by atoms with van der Waals surface area (Å²) in [6, 6.07) is 15.9. The fourth-order valence-corrected chi connectivity index (χ4v) is 7.86. The van der Waals surface area contributed by atoms with Crippen molar-refractivity contribution in [2.75, 3.05) is 49.1 Å². The van der Waals surface area contributed by atoms with Gasteiger partial charge in [0.25, 0.3) is 5.91 Å². The number of ether oxygens (including phenoxy) is 2. The van der Waals surface area contributed by atoms with Crippen LogP contribution in [0.25, 0.3) is 0 Å². The van der Waals surface area contributed by atoms with Crippen LogP contribution in [-0.4, -0.2) is 90.8 Å². The topological polar surface area (TPSA) is 129 Å². The number of carbonyl (C=O) groups is 4. The molecule has 2 aromatic rings. The molecule has 3 aliphatic rings. The number of fused-ring (bicyclic) bond motifs is 1. The molecule has 50 heavy (non-hydrogen) atoms. The molecule has 0 saturated carbocycles. The molecule has 0 aliphatic carbocycles. The first-order valence-electron chi connectivity index (χ1n) is 17.7. The summed E-state index contributed by atoms with van der Waals surface area (Å²) >= 11 is 0. The van der Waals surface area contributed by atoms with Crippen molar-refractivity contribution in [1.29, 1.82) is 0 Å². The minimum absolute atomic E-state index is 0.0566. The van der Waals surface area contributed by atoms with Gasteiger partial charge < -0.3 is 34.6 Å². The minimum Gasteiger partial charge on any atom is -0.455 e. The number of hydrogen-bond donors (Lipinski definition) is 2. The van der Waals surface area contributed by atoms with Gasteiger partial charge in [-0.1, -0.05) is 42.5 Å². The number of aliphatic hydroxyl groups excluding tert-OH is 1. The number of likely N-dealkylation sites (tertiary alicyclic amines) is 1. The normalized spacial score (nSPS) is 24.0. The van der Waals surface area contributed by atoms with Gasteiger partial charge in [-0.05, 0) is 69.4 Å². The number of allylic oxidation sites excluding steroid dienone is 1. The molecule has 6 atom stereocenters. The van der Waals surface area contributed by atoms with Gasteiger partial charge in [0, 0.05) is 50.6 Å². The van der Waals surface area contributed by atoms with Gasteiger partial charge in [0.05, 0.1) is 24.5 Å². The summed E-state index contributed by atoms with van der Waals surface area (Å²) in [5.74, 6) is -3.35. The maximum Gasteiger partial charge on any atom is 0.313 e. The number of nitrogens with zero attached hydrogens (tertiary/aromatic N) is 3. The zero-order chi connectivity index (χ0) is 35.8. The van der Waals surface area contributed by atoms with Crippen LogP contribution in [-0.2, 0) is 28.7 Å². The quantitative estimate of drug-likeness (QED) is 0.177. The maximum absolute atomic E-state index is 14.7. The average molecular weight is 687 g/mol. The third kappa shape index (κ3) is 7.20. The Morgan fingerprint density at radius 2 is 1.78 bits per heavy atom. The lowest BCUT2D eigenvalue weighted by Gasteiger charge is -2.37. The van der Waals surface area contributed by atoms with E-state index in [9.17, 15) is 24.3 Å². The van der Waals surface area contributed by atoms with Crippen molar-refractivity contribution in [3.05, 3.63) is 85.5 Å². The van der Waals surface area contributed by atoms with Crippen LogP contribution in [0.1, 0.15) is 57.6 Å². The van der Waals surface area contributed by atoms with Crippen LogP contribution in [0.15, 0.2) is 79.9 Å². The van der Waals surface area contributed by atoms with E-state index in [0.29, 0.717) is 30.5 Å². The lowest BCUT2D eigenvalue weighted by molar-refractivity contribution is -0.160. The highest BCUT2D eigenvalue weighted by molar-refractivity contribution is 6.04. The summed E-state index contributed by atoms with van der Waals surface area (Å²) in [6.45, 7) is 13.6. The smallest absolute Gasteiger partial charge is 0.313 e. The number of benzene rings is 2. The fraction of sp³-hybridized carbons (Fsp3) is 0.487. The molecule has 3 amide bonds. The van der Waals surface area contributed by atoms with E-state index >= 15 is 0 Å². The van der Waals surface area contributed by atoms with E-state index in [1.807, 2.05) is 54.6 Å². The maximum atomic E-state index is 14.7. The number of carbonyl (C=O) groups excluding carboxylic acids is 4. The van der Waals surface area contributed by atoms with E-state index in [4.69, 9.17) is 9.47 Å². The molecule has 11 nitrogen and oxygen atoms in total. The van der Waals surface area contributed by atoms with Crippen LogP contribution in [0, 0.1) is 11.8 Å². The van der Waals surface area contributed by atoms with E-state index in [2.05, 4.69) is 37.2 Å². The molecule has 2 bridgehead atoms. The predicted molar refractivity (Wildman–Crippen MR) is 191 cm³/mol. The zero-order valence-corrected chi connectivity index (χ0v) is 29.2. The summed E-state index contributed by atoms with van der Waals surface area (Å²) < 4.78 is 12.7. The molecule has 5 rings (SSSR count). The Morgan fingerprint density at radius 3 is 2.42 bits per heavy atom. The SMILES string of the molecule is C=CCCC(=O)NC[C@H](OC(=O)[C@@H]1[C@@H]2CC[C@]3(O2)[C@H](C(=O)N(CC=C)c2ccc(N(CC)CC)cc2)N(CCCO)C(=O)[C@@H]13)c1ccccc1. The van der Waals surface area contributed by atoms with Crippen LogP contribution >= 0.6 is 0 Å². The highest BCUT2D eigenvalue weighted by atomic mass is 16.6. The van der Waals surface area contributed by atoms with Crippen LogP contribution in [0.3, 0.4) is 0 Å². The molecule has 0 aromatic heterocycles. The number of anilines is 2. The van der Waals surface area contributed by atoms with Crippen molar-refractivity contribution < 1.29 is 33.8 Å². The van der Waals surface area contributed by atoms with Crippen molar-refractivity contribution in [2.24, 2.45) is 11.8 Å². The Balaban J connectivity index is 1.44. The van der Waals surface area contributed by atoms with Crippen LogP contribution in [0.2, 0.25) is 0 Å². The van der Waals surface area contributed by atoms with Gasteiger partial charge >= 0.3 is 5.97 Å². The molecule has 268 valence electrons. The van der Waals surface area contributed by atoms with E-state index < -0.39 is 41.7 Å². The Hall–Kier alpha value is -4.48. The van der Waals surface area contributed by atoms with E-state index in [-0.39, 0.29) is 56.8 Å². The number of aliphatic hydroxyl groups is 1. The summed E-state index contributed by atoms with van der Waals surface area (Å²) in [7, 11) is 0. The van der Waals surface area contributed by atoms with Crippen LogP contribution in [0.4, 0.5) is 11.4 Å². The lowest BCUT2D eigenvalue weighted by Crippen LogP contribution is -2.56. The van der Waals surface area contributed by atoms with Gasteiger partial charge in [-0.2, -0.15) is 0 Å². The van der Waals surface area contributed by atoms with Crippen molar-refractivity contribution in [2.45, 2.75) is 69.8 Å². The largest absolute Gasteiger partial charge is 0.455 e. The first-order valence-corrected chi connectivity index (χ1v) is 17.7. The summed E-state index contributed by atoms with van der Waals surface area (Å²) in [5.41, 5.74) is 1.16. The Labute approximate surface area is 294 Å².